The number of methoxy groups -OCH3 is 1. The van der Waals surface area contributed by atoms with Crippen molar-refractivity contribution >= 4 is 21.6 Å². The summed E-state index contributed by atoms with van der Waals surface area (Å²) >= 11 is 0. The van der Waals surface area contributed by atoms with Gasteiger partial charge in [0, 0.05) is 23.4 Å². The Morgan fingerprint density at radius 2 is 1.84 bits per heavy atom. The van der Waals surface area contributed by atoms with Crippen molar-refractivity contribution in [1.29, 1.82) is 0 Å². The number of hydrogen-bond acceptors (Lipinski definition) is 6. The molecule has 166 valence electrons. The quantitative estimate of drug-likeness (QED) is 0.704. The van der Waals surface area contributed by atoms with Crippen LogP contribution in [0.4, 0.5) is 5.69 Å². The number of nitrogens with one attached hydrogen (secondary N) is 2. The molecular formula is C22H26N2O6S. The van der Waals surface area contributed by atoms with E-state index in [1.165, 1.54) is 25.3 Å². The van der Waals surface area contributed by atoms with Gasteiger partial charge in [0.25, 0.3) is 5.91 Å². The summed E-state index contributed by atoms with van der Waals surface area (Å²) in [5.74, 6) is 1.16. The lowest BCUT2D eigenvalue weighted by Gasteiger charge is -2.29. The van der Waals surface area contributed by atoms with E-state index in [4.69, 9.17) is 14.2 Å². The molecule has 9 heteroatoms. The Morgan fingerprint density at radius 1 is 1.06 bits per heavy atom. The Hall–Kier alpha value is -2.78. The third kappa shape index (κ3) is 4.62. The van der Waals surface area contributed by atoms with Crippen molar-refractivity contribution in [3.63, 3.8) is 0 Å². The minimum atomic E-state index is -3.86. The average Bonchev–Trinajstić information content (AvgIpc) is 3.22. The van der Waals surface area contributed by atoms with Crippen LogP contribution in [0.5, 0.6) is 17.2 Å². The van der Waals surface area contributed by atoms with E-state index in [1.54, 1.807) is 18.2 Å². The maximum absolute atomic E-state index is 13.1. The van der Waals surface area contributed by atoms with E-state index in [0.29, 0.717) is 17.2 Å². The maximum atomic E-state index is 13.1. The molecule has 31 heavy (non-hydrogen) atoms. The van der Waals surface area contributed by atoms with Crippen LogP contribution >= 0.6 is 0 Å². The van der Waals surface area contributed by atoms with Gasteiger partial charge in [0.1, 0.15) is 10.6 Å². The minimum absolute atomic E-state index is 0.0499. The number of carbonyl (C=O) groups is 1. The van der Waals surface area contributed by atoms with Crippen molar-refractivity contribution in [2.75, 3.05) is 19.2 Å². The standard InChI is InChI=1S/C22H26N2O6S/c1-14-5-3-4-6-17(14)24-31(26,27)21-11-15(7-9-19(21)28-2)22(25)23-16-8-10-18-20(12-16)30-13-29-18/h7-12,14,17,24H,3-6,13H2,1-2H3,(H,23,25)/t14-,17-/m0/s1. The molecule has 1 heterocycles. The summed E-state index contributed by atoms with van der Waals surface area (Å²) in [5, 5.41) is 2.76. The molecule has 8 nitrogen and oxygen atoms in total. The van der Waals surface area contributed by atoms with Gasteiger partial charge in [-0.3, -0.25) is 4.79 Å². The van der Waals surface area contributed by atoms with E-state index >= 15 is 0 Å². The van der Waals surface area contributed by atoms with Crippen molar-refractivity contribution < 1.29 is 27.4 Å². The van der Waals surface area contributed by atoms with Gasteiger partial charge in [-0.25, -0.2) is 13.1 Å². The third-order valence-corrected chi connectivity index (χ3v) is 7.27. The average molecular weight is 447 g/mol. The lowest BCUT2D eigenvalue weighted by molar-refractivity contribution is 0.102. The SMILES string of the molecule is COc1ccc(C(=O)Nc2ccc3c(c2)OCO3)cc1S(=O)(=O)N[C@H]1CCCC[C@@H]1C. The molecule has 1 aliphatic carbocycles. The Labute approximate surface area is 181 Å². The Morgan fingerprint density at radius 3 is 2.61 bits per heavy atom. The number of amides is 1. The van der Waals surface area contributed by atoms with Crippen LogP contribution in [0.3, 0.4) is 0 Å². The number of ether oxygens (including phenoxy) is 3. The van der Waals surface area contributed by atoms with Gasteiger partial charge in [0.05, 0.1) is 7.11 Å². The van der Waals surface area contributed by atoms with E-state index in [1.807, 2.05) is 0 Å². The van der Waals surface area contributed by atoms with E-state index in [9.17, 15) is 13.2 Å². The number of rotatable bonds is 6. The molecule has 0 spiro atoms. The number of carbonyl (C=O) groups excluding carboxylic acids is 1. The first-order chi connectivity index (χ1) is 14.9. The third-order valence-electron chi connectivity index (χ3n) is 5.76. The first kappa shape index (κ1) is 21.5. The summed E-state index contributed by atoms with van der Waals surface area (Å²) in [5.41, 5.74) is 0.721. The highest BCUT2D eigenvalue weighted by Crippen LogP contribution is 2.34. The number of benzene rings is 2. The van der Waals surface area contributed by atoms with Crippen molar-refractivity contribution in [3.8, 4) is 17.2 Å². The Balaban J connectivity index is 1.57. The highest BCUT2D eigenvalue weighted by atomic mass is 32.2. The largest absolute Gasteiger partial charge is 0.495 e. The summed E-state index contributed by atoms with van der Waals surface area (Å²) in [4.78, 5) is 12.7. The summed E-state index contributed by atoms with van der Waals surface area (Å²) in [6.45, 7) is 2.19. The molecular weight excluding hydrogens is 420 g/mol. The summed E-state index contributed by atoms with van der Waals surface area (Å²) in [7, 11) is -2.46. The van der Waals surface area contributed by atoms with Crippen LogP contribution in [0.2, 0.25) is 0 Å². The molecule has 2 N–H and O–H groups in total. The molecule has 0 bridgehead atoms. The van der Waals surface area contributed by atoms with Gasteiger partial charge < -0.3 is 19.5 Å². The second-order valence-corrected chi connectivity index (χ2v) is 9.56. The van der Waals surface area contributed by atoms with Crippen molar-refractivity contribution in [1.82, 2.24) is 4.72 Å². The van der Waals surface area contributed by atoms with Crippen molar-refractivity contribution in [3.05, 3.63) is 42.0 Å². The molecule has 2 aromatic rings. The van der Waals surface area contributed by atoms with Crippen LogP contribution in [-0.4, -0.2) is 34.3 Å². The van der Waals surface area contributed by atoms with Gasteiger partial charge in [-0.2, -0.15) is 0 Å². The smallest absolute Gasteiger partial charge is 0.255 e. The van der Waals surface area contributed by atoms with Gasteiger partial charge in [-0.1, -0.05) is 19.8 Å². The van der Waals surface area contributed by atoms with Crippen LogP contribution in [0, 0.1) is 5.92 Å². The molecule has 0 aromatic heterocycles. The molecule has 2 aromatic carbocycles. The molecule has 2 atom stereocenters. The summed E-state index contributed by atoms with van der Waals surface area (Å²) < 4.78 is 44.9. The molecule has 1 amide bonds. The first-order valence-corrected chi connectivity index (χ1v) is 11.8. The molecule has 0 radical (unpaired) electrons. The zero-order valence-electron chi connectivity index (χ0n) is 17.5. The predicted octanol–water partition coefficient (Wildman–Crippen LogP) is 3.53. The second-order valence-electron chi connectivity index (χ2n) is 7.88. The van der Waals surface area contributed by atoms with Gasteiger partial charge in [0.15, 0.2) is 11.5 Å². The number of hydrogen-bond donors (Lipinski definition) is 2. The highest BCUT2D eigenvalue weighted by Gasteiger charge is 2.29. The number of anilines is 1. The topological polar surface area (TPSA) is 103 Å². The van der Waals surface area contributed by atoms with E-state index in [2.05, 4.69) is 17.0 Å². The van der Waals surface area contributed by atoms with Crippen LogP contribution in [-0.2, 0) is 10.0 Å². The number of fused-ring (bicyclic) bond motifs is 1. The zero-order chi connectivity index (χ0) is 22.0. The summed E-state index contributed by atoms with van der Waals surface area (Å²) in [6, 6.07) is 9.30. The zero-order valence-corrected chi connectivity index (χ0v) is 18.3. The van der Waals surface area contributed by atoms with Gasteiger partial charge in [0.2, 0.25) is 16.8 Å². The fraction of sp³-hybridized carbons (Fsp3) is 0.409. The number of sulfonamides is 1. The molecule has 1 fully saturated rings. The van der Waals surface area contributed by atoms with E-state index in [0.717, 1.165) is 25.7 Å². The van der Waals surface area contributed by atoms with Crippen LogP contribution in [0.1, 0.15) is 43.0 Å². The molecule has 0 unspecified atom stereocenters. The Bertz CT molecular complexity index is 1090. The predicted molar refractivity (Wildman–Crippen MR) is 115 cm³/mol. The van der Waals surface area contributed by atoms with E-state index < -0.39 is 15.9 Å². The normalized spacial score (nSPS) is 20.3. The molecule has 4 rings (SSSR count). The van der Waals surface area contributed by atoms with Crippen molar-refractivity contribution in [2.45, 2.75) is 43.5 Å². The first-order valence-electron chi connectivity index (χ1n) is 10.3. The van der Waals surface area contributed by atoms with Crippen LogP contribution in [0.15, 0.2) is 41.3 Å². The molecule has 1 aliphatic heterocycles. The van der Waals surface area contributed by atoms with Gasteiger partial charge in [-0.05, 0) is 49.1 Å². The fourth-order valence-corrected chi connectivity index (χ4v) is 5.53. The van der Waals surface area contributed by atoms with Crippen LogP contribution in [0.25, 0.3) is 0 Å². The van der Waals surface area contributed by atoms with Gasteiger partial charge in [-0.15, -0.1) is 0 Å². The molecule has 1 saturated carbocycles. The van der Waals surface area contributed by atoms with Crippen LogP contribution < -0.4 is 24.2 Å². The highest BCUT2D eigenvalue weighted by molar-refractivity contribution is 7.89. The maximum Gasteiger partial charge on any atom is 0.255 e. The minimum Gasteiger partial charge on any atom is -0.495 e. The molecule has 0 saturated heterocycles. The molecule has 2 aliphatic rings. The van der Waals surface area contributed by atoms with E-state index in [-0.39, 0.29) is 35.0 Å². The summed E-state index contributed by atoms with van der Waals surface area (Å²) in [6.07, 6.45) is 3.89. The monoisotopic (exact) mass is 446 g/mol. The second kappa shape index (κ2) is 8.76. The van der Waals surface area contributed by atoms with Gasteiger partial charge >= 0.3 is 0 Å². The lowest BCUT2D eigenvalue weighted by Crippen LogP contribution is -2.41. The lowest BCUT2D eigenvalue weighted by atomic mass is 9.87. The Kier molecular flexibility index (Phi) is 6.06. The van der Waals surface area contributed by atoms with Crippen molar-refractivity contribution in [2.24, 2.45) is 5.92 Å². The fourth-order valence-electron chi connectivity index (χ4n) is 3.96.